The second-order valence-corrected chi connectivity index (χ2v) is 7.11. The number of rotatable bonds is 9. The van der Waals surface area contributed by atoms with Gasteiger partial charge >= 0.3 is 12.1 Å². The lowest BCUT2D eigenvalue weighted by molar-refractivity contribution is 0.0525. The molecule has 152 valence electrons. The number of unbranched alkanes of at least 4 members (excludes halogenated alkanes) is 2. The van der Waals surface area contributed by atoms with Gasteiger partial charge in [-0.2, -0.15) is 0 Å². The lowest BCUT2D eigenvalue weighted by Crippen LogP contribution is -2.32. The number of alkyl carbamates (subject to hydrolysis) is 1. The molecule has 9 heteroatoms. The van der Waals surface area contributed by atoms with Crippen LogP contribution in [0.1, 0.15) is 67.2 Å². The summed E-state index contributed by atoms with van der Waals surface area (Å²) in [5, 5.41) is 6.12. The minimum absolute atomic E-state index is 0.150. The van der Waals surface area contributed by atoms with Crippen LogP contribution in [-0.4, -0.2) is 37.1 Å². The van der Waals surface area contributed by atoms with E-state index in [0.29, 0.717) is 19.4 Å². The summed E-state index contributed by atoms with van der Waals surface area (Å²) in [6.45, 7) is 5.84. The normalized spacial score (nSPS) is 10.6. The fraction of sp³-hybridized carbons (Fsp3) is 0.526. The van der Waals surface area contributed by atoms with Crippen LogP contribution in [-0.2, 0) is 9.47 Å². The molecule has 0 unspecified atom stereocenters. The van der Waals surface area contributed by atoms with Gasteiger partial charge in [-0.25, -0.2) is 9.59 Å². The Morgan fingerprint density at radius 2 is 1.79 bits per heavy atom. The standard InChI is InChI=1S/C19H26N4O5/c1-19(2,3)28-18(26)21-9-7-5-6-8-16(24)13-10-14(17(25)27-4)12-15(11-13)22-23-20/h10-12H,5-9H2,1-4H3,(H,21,26). The van der Waals surface area contributed by atoms with Crippen molar-refractivity contribution in [2.24, 2.45) is 5.11 Å². The Morgan fingerprint density at radius 1 is 1.11 bits per heavy atom. The van der Waals surface area contributed by atoms with E-state index >= 15 is 0 Å². The van der Waals surface area contributed by atoms with Crippen LogP contribution in [0.3, 0.4) is 0 Å². The Morgan fingerprint density at radius 3 is 2.39 bits per heavy atom. The van der Waals surface area contributed by atoms with E-state index in [2.05, 4.69) is 20.1 Å². The van der Waals surface area contributed by atoms with Crippen LogP contribution in [0, 0.1) is 0 Å². The SMILES string of the molecule is COC(=O)c1cc(N=[N+]=[N-])cc(C(=O)CCCCCNC(=O)OC(C)(C)C)c1. The average molecular weight is 390 g/mol. The van der Waals surface area contributed by atoms with Crippen LogP contribution in [0.2, 0.25) is 0 Å². The van der Waals surface area contributed by atoms with E-state index in [4.69, 9.17) is 10.3 Å². The quantitative estimate of drug-likeness (QED) is 0.163. The number of hydrogen-bond donors (Lipinski definition) is 1. The van der Waals surface area contributed by atoms with Crippen LogP contribution in [0.4, 0.5) is 10.5 Å². The Labute approximate surface area is 164 Å². The van der Waals surface area contributed by atoms with Crippen molar-refractivity contribution < 1.29 is 23.9 Å². The van der Waals surface area contributed by atoms with E-state index < -0.39 is 17.7 Å². The molecule has 0 aromatic heterocycles. The van der Waals surface area contributed by atoms with Gasteiger partial charge in [-0.1, -0.05) is 11.5 Å². The van der Waals surface area contributed by atoms with Crippen molar-refractivity contribution in [3.8, 4) is 0 Å². The van der Waals surface area contributed by atoms with E-state index in [1.54, 1.807) is 20.8 Å². The number of nitrogens with one attached hydrogen (secondary N) is 1. The molecule has 0 aliphatic carbocycles. The lowest BCUT2D eigenvalue weighted by Gasteiger charge is -2.19. The largest absolute Gasteiger partial charge is 0.465 e. The number of benzene rings is 1. The highest BCUT2D eigenvalue weighted by Crippen LogP contribution is 2.21. The number of methoxy groups -OCH3 is 1. The molecule has 0 radical (unpaired) electrons. The number of carbonyl (C=O) groups is 3. The van der Waals surface area contributed by atoms with Crippen molar-refractivity contribution in [3.63, 3.8) is 0 Å². The molecule has 1 amide bonds. The summed E-state index contributed by atoms with van der Waals surface area (Å²) in [7, 11) is 1.23. The molecule has 28 heavy (non-hydrogen) atoms. The highest BCUT2D eigenvalue weighted by Gasteiger charge is 2.15. The molecule has 0 saturated carbocycles. The van der Waals surface area contributed by atoms with Crippen molar-refractivity contribution >= 4 is 23.5 Å². The maximum absolute atomic E-state index is 12.4. The average Bonchev–Trinajstić information content (AvgIpc) is 2.62. The van der Waals surface area contributed by atoms with Gasteiger partial charge in [0, 0.05) is 29.1 Å². The zero-order valence-electron chi connectivity index (χ0n) is 16.7. The highest BCUT2D eigenvalue weighted by molar-refractivity contribution is 6.00. The Kier molecular flexibility index (Phi) is 8.98. The molecule has 0 spiro atoms. The smallest absolute Gasteiger partial charge is 0.407 e. The molecule has 0 heterocycles. The first kappa shape index (κ1) is 23.0. The Hall–Kier alpha value is -3.06. The van der Waals surface area contributed by atoms with E-state index in [-0.39, 0.29) is 29.0 Å². The van der Waals surface area contributed by atoms with Gasteiger partial charge in [-0.3, -0.25) is 4.79 Å². The summed E-state index contributed by atoms with van der Waals surface area (Å²) >= 11 is 0. The zero-order chi connectivity index (χ0) is 21.2. The molecule has 0 fully saturated rings. The first-order valence-electron chi connectivity index (χ1n) is 8.95. The number of amides is 1. The van der Waals surface area contributed by atoms with Gasteiger partial charge in [0.15, 0.2) is 5.78 Å². The van der Waals surface area contributed by atoms with Crippen molar-refractivity contribution in [2.75, 3.05) is 13.7 Å². The fourth-order valence-electron chi connectivity index (χ4n) is 2.35. The summed E-state index contributed by atoms with van der Waals surface area (Å²) in [6, 6.07) is 4.23. The number of carbonyl (C=O) groups excluding carboxylic acids is 3. The van der Waals surface area contributed by atoms with Gasteiger partial charge in [-0.15, -0.1) is 0 Å². The van der Waals surface area contributed by atoms with E-state index in [1.165, 1.54) is 25.3 Å². The van der Waals surface area contributed by atoms with Crippen LogP contribution in [0.15, 0.2) is 23.3 Å². The van der Waals surface area contributed by atoms with Gasteiger partial charge in [0.1, 0.15) is 5.60 Å². The maximum Gasteiger partial charge on any atom is 0.407 e. The summed E-state index contributed by atoms with van der Waals surface area (Å²) < 4.78 is 9.78. The summed E-state index contributed by atoms with van der Waals surface area (Å²) in [5.74, 6) is -0.780. The third-order valence-electron chi connectivity index (χ3n) is 3.57. The zero-order valence-corrected chi connectivity index (χ0v) is 16.7. The maximum atomic E-state index is 12.4. The lowest BCUT2D eigenvalue weighted by atomic mass is 10.0. The Bertz CT molecular complexity index is 764. The molecule has 0 atom stereocenters. The number of nitrogens with zero attached hydrogens (tertiary/aromatic N) is 3. The number of Topliss-reactive ketones (excluding diaryl/α,β-unsaturated/α-hetero) is 1. The molecule has 9 nitrogen and oxygen atoms in total. The predicted molar refractivity (Wildman–Crippen MR) is 104 cm³/mol. The second kappa shape index (κ2) is 10.9. The van der Waals surface area contributed by atoms with E-state index in [9.17, 15) is 14.4 Å². The van der Waals surface area contributed by atoms with E-state index in [1.807, 2.05) is 0 Å². The van der Waals surface area contributed by atoms with Crippen LogP contribution in [0.5, 0.6) is 0 Å². The first-order chi connectivity index (χ1) is 13.2. The first-order valence-corrected chi connectivity index (χ1v) is 8.95. The minimum Gasteiger partial charge on any atom is -0.465 e. The molecule has 1 aromatic carbocycles. The van der Waals surface area contributed by atoms with Crippen molar-refractivity contribution in [1.82, 2.24) is 5.32 Å². The number of hydrogen-bond acceptors (Lipinski definition) is 6. The minimum atomic E-state index is -0.614. The van der Waals surface area contributed by atoms with Gasteiger partial charge in [-0.05, 0) is 57.3 Å². The monoisotopic (exact) mass is 390 g/mol. The molecule has 0 saturated heterocycles. The molecule has 1 aromatic rings. The molecule has 1 N–H and O–H groups in total. The number of azide groups is 1. The van der Waals surface area contributed by atoms with Crippen LogP contribution in [0.25, 0.3) is 10.4 Å². The summed E-state index contributed by atoms with van der Waals surface area (Å²) in [4.78, 5) is 38.3. The Balaban J connectivity index is 2.51. The third-order valence-corrected chi connectivity index (χ3v) is 3.57. The van der Waals surface area contributed by atoms with Gasteiger partial charge in [0.05, 0.1) is 12.7 Å². The number of ketones is 1. The van der Waals surface area contributed by atoms with Crippen molar-refractivity contribution in [2.45, 2.75) is 52.1 Å². The van der Waals surface area contributed by atoms with Crippen molar-refractivity contribution in [3.05, 3.63) is 39.8 Å². The highest BCUT2D eigenvalue weighted by atomic mass is 16.6. The van der Waals surface area contributed by atoms with Gasteiger partial charge in [0.25, 0.3) is 0 Å². The number of ether oxygens (including phenoxy) is 2. The van der Waals surface area contributed by atoms with Crippen LogP contribution < -0.4 is 5.32 Å². The molecular formula is C19H26N4O5. The predicted octanol–water partition coefficient (Wildman–Crippen LogP) is 4.68. The second-order valence-electron chi connectivity index (χ2n) is 7.11. The summed E-state index contributed by atoms with van der Waals surface area (Å²) in [5.41, 5.74) is 8.66. The topological polar surface area (TPSA) is 130 Å². The van der Waals surface area contributed by atoms with Gasteiger partial charge in [0.2, 0.25) is 0 Å². The molecule has 1 rings (SSSR count). The van der Waals surface area contributed by atoms with Crippen LogP contribution >= 0.6 is 0 Å². The summed E-state index contributed by atoms with van der Waals surface area (Å²) in [6.07, 6.45) is 1.87. The molecular weight excluding hydrogens is 364 g/mol. The molecule has 0 aliphatic rings. The number of esters is 1. The molecule has 0 bridgehead atoms. The molecule has 0 aliphatic heterocycles. The fourth-order valence-corrected chi connectivity index (χ4v) is 2.35. The van der Waals surface area contributed by atoms with Crippen molar-refractivity contribution in [1.29, 1.82) is 0 Å². The van der Waals surface area contributed by atoms with Gasteiger partial charge < -0.3 is 14.8 Å². The third kappa shape index (κ3) is 8.55. The van der Waals surface area contributed by atoms with E-state index in [0.717, 1.165) is 6.42 Å².